The lowest BCUT2D eigenvalue weighted by atomic mass is 9.92. The summed E-state index contributed by atoms with van der Waals surface area (Å²) in [6, 6.07) is 10.3. The maximum atomic E-state index is 12.3. The summed E-state index contributed by atoms with van der Waals surface area (Å²) in [4.78, 5) is 14.5. The molecule has 1 aromatic carbocycles. The molecule has 0 amide bonds. The van der Waals surface area contributed by atoms with Gasteiger partial charge in [-0.2, -0.15) is 0 Å². The third-order valence-electron chi connectivity index (χ3n) is 3.77. The summed E-state index contributed by atoms with van der Waals surface area (Å²) in [6.45, 7) is 12.9. The Balaban J connectivity index is 2.21. The molecule has 0 saturated carbocycles. The van der Waals surface area contributed by atoms with E-state index in [1.807, 2.05) is 39.0 Å². The van der Waals surface area contributed by atoms with Gasteiger partial charge in [-0.05, 0) is 26.3 Å². The molecule has 0 N–H and O–H groups in total. The van der Waals surface area contributed by atoms with E-state index in [1.165, 1.54) is 5.56 Å². The van der Waals surface area contributed by atoms with Crippen molar-refractivity contribution in [3.8, 4) is 0 Å². The van der Waals surface area contributed by atoms with Crippen molar-refractivity contribution < 1.29 is 14.3 Å². The van der Waals surface area contributed by atoms with Gasteiger partial charge in [0.15, 0.2) is 0 Å². The first-order valence-corrected chi connectivity index (χ1v) is 8.22. The minimum Gasteiger partial charge on any atom is -0.459 e. The van der Waals surface area contributed by atoms with E-state index in [4.69, 9.17) is 9.47 Å². The average molecular weight is 319 g/mol. The van der Waals surface area contributed by atoms with Crippen molar-refractivity contribution in [2.45, 2.75) is 59.4 Å². The Morgan fingerprint density at radius 1 is 1.17 bits per heavy atom. The Hall–Kier alpha value is -1.39. The van der Waals surface area contributed by atoms with E-state index >= 15 is 0 Å². The van der Waals surface area contributed by atoms with Gasteiger partial charge in [-0.3, -0.25) is 9.69 Å². The lowest BCUT2D eigenvalue weighted by Gasteiger charge is -2.35. The lowest BCUT2D eigenvalue weighted by molar-refractivity contribution is -0.159. The predicted octanol–water partition coefficient (Wildman–Crippen LogP) is 3.77. The van der Waals surface area contributed by atoms with Gasteiger partial charge in [0, 0.05) is 5.41 Å². The normalized spacial score (nSPS) is 23.0. The van der Waals surface area contributed by atoms with Gasteiger partial charge >= 0.3 is 5.97 Å². The highest BCUT2D eigenvalue weighted by atomic mass is 16.6. The lowest BCUT2D eigenvalue weighted by Crippen LogP contribution is -2.45. The Morgan fingerprint density at radius 2 is 1.78 bits per heavy atom. The van der Waals surface area contributed by atoms with Crippen molar-refractivity contribution in [1.82, 2.24) is 4.90 Å². The molecule has 1 saturated heterocycles. The molecule has 1 fully saturated rings. The largest absolute Gasteiger partial charge is 0.459 e. The number of esters is 1. The van der Waals surface area contributed by atoms with Crippen LogP contribution in [0.1, 0.15) is 53.1 Å². The van der Waals surface area contributed by atoms with Gasteiger partial charge in [0.05, 0.1) is 19.2 Å². The highest BCUT2D eigenvalue weighted by Crippen LogP contribution is 2.38. The zero-order chi connectivity index (χ0) is 17.3. The molecule has 0 bridgehead atoms. The number of rotatable bonds is 3. The predicted molar refractivity (Wildman–Crippen MR) is 90.9 cm³/mol. The van der Waals surface area contributed by atoms with E-state index in [-0.39, 0.29) is 30.2 Å². The molecular formula is C19H29NO3. The van der Waals surface area contributed by atoms with Crippen LogP contribution in [0.4, 0.5) is 0 Å². The van der Waals surface area contributed by atoms with E-state index in [0.717, 1.165) is 0 Å². The SMILES string of the molecule is CC(C)(C)OC(=O)CN1[C@H](c2ccccc2)CO[C@@H]1C(C)(C)C. The first-order valence-electron chi connectivity index (χ1n) is 8.22. The summed E-state index contributed by atoms with van der Waals surface area (Å²) < 4.78 is 11.6. The van der Waals surface area contributed by atoms with Crippen LogP contribution in [-0.4, -0.2) is 35.8 Å². The standard InChI is InChI=1S/C19H29NO3/c1-18(2,3)17-20(12-16(21)23-19(4,5)6)15(13-22-17)14-10-8-7-9-11-14/h7-11,15,17H,12-13H2,1-6H3/t15-,17+/m0/s1. The number of nitrogens with zero attached hydrogens (tertiary/aromatic N) is 1. The monoisotopic (exact) mass is 319 g/mol. The summed E-state index contributed by atoms with van der Waals surface area (Å²) in [5.41, 5.74) is 0.616. The fourth-order valence-electron chi connectivity index (χ4n) is 2.96. The second-order valence-corrected chi connectivity index (χ2v) is 8.24. The molecule has 1 aliphatic rings. The number of benzene rings is 1. The van der Waals surface area contributed by atoms with E-state index in [0.29, 0.717) is 6.61 Å². The molecule has 1 aliphatic heterocycles. The first kappa shape index (κ1) is 18.0. The molecule has 0 unspecified atom stereocenters. The van der Waals surface area contributed by atoms with Crippen LogP contribution in [0.3, 0.4) is 0 Å². The van der Waals surface area contributed by atoms with Crippen LogP contribution in [0, 0.1) is 5.41 Å². The minimum absolute atomic E-state index is 0.0768. The third-order valence-corrected chi connectivity index (χ3v) is 3.77. The van der Waals surface area contributed by atoms with Crippen LogP contribution < -0.4 is 0 Å². The van der Waals surface area contributed by atoms with Gasteiger partial charge < -0.3 is 9.47 Å². The first-order chi connectivity index (χ1) is 10.6. The number of ether oxygens (including phenoxy) is 2. The molecule has 1 aromatic rings. The van der Waals surface area contributed by atoms with Crippen LogP contribution in [0.25, 0.3) is 0 Å². The molecule has 4 heteroatoms. The van der Waals surface area contributed by atoms with Gasteiger partial charge in [0.25, 0.3) is 0 Å². The van der Waals surface area contributed by atoms with E-state index < -0.39 is 5.60 Å². The van der Waals surface area contributed by atoms with Crippen LogP contribution in [-0.2, 0) is 14.3 Å². The van der Waals surface area contributed by atoms with E-state index in [9.17, 15) is 4.79 Å². The van der Waals surface area contributed by atoms with Crippen LogP contribution in [0.2, 0.25) is 0 Å². The summed E-state index contributed by atoms with van der Waals surface area (Å²) in [5.74, 6) is -0.210. The van der Waals surface area contributed by atoms with Crippen molar-refractivity contribution in [3.05, 3.63) is 35.9 Å². The number of carbonyl (C=O) groups is 1. The molecule has 128 valence electrons. The molecule has 0 aliphatic carbocycles. The van der Waals surface area contributed by atoms with Gasteiger partial charge in [-0.25, -0.2) is 0 Å². The molecule has 0 spiro atoms. The quantitative estimate of drug-likeness (QED) is 0.795. The summed E-state index contributed by atoms with van der Waals surface area (Å²) in [5, 5.41) is 0. The average Bonchev–Trinajstić information content (AvgIpc) is 2.81. The zero-order valence-corrected chi connectivity index (χ0v) is 15.1. The fourth-order valence-corrected chi connectivity index (χ4v) is 2.96. The maximum Gasteiger partial charge on any atom is 0.320 e. The Labute approximate surface area is 139 Å². The van der Waals surface area contributed by atoms with Gasteiger partial charge in [0.2, 0.25) is 0 Å². The molecular weight excluding hydrogens is 290 g/mol. The van der Waals surface area contributed by atoms with Gasteiger partial charge in [-0.1, -0.05) is 51.1 Å². The second-order valence-electron chi connectivity index (χ2n) is 8.24. The Morgan fingerprint density at radius 3 is 2.30 bits per heavy atom. The van der Waals surface area contributed by atoms with E-state index in [2.05, 4.69) is 37.8 Å². The minimum atomic E-state index is -0.475. The van der Waals surface area contributed by atoms with Crippen molar-refractivity contribution in [2.24, 2.45) is 5.41 Å². The van der Waals surface area contributed by atoms with Crippen molar-refractivity contribution in [1.29, 1.82) is 0 Å². The Kier molecular flexibility index (Phi) is 5.17. The number of carbonyl (C=O) groups excluding carboxylic acids is 1. The van der Waals surface area contributed by atoms with Crippen molar-refractivity contribution in [2.75, 3.05) is 13.2 Å². The highest BCUT2D eigenvalue weighted by Gasteiger charge is 2.43. The van der Waals surface area contributed by atoms with Crippen molar-refractivity contribution >= 4 is 5.97 Å². The molecule has 2 rings (SSSR count). The van der Waals surface area contributed by atoms with E-state index in [1.54, 1.807) is 0 Å². The fraction of sp³-hybridized carbons (Fsp3) is 0.632. The molecule has 0 aromatic heterocycles. The molecule has 2 atom stereocenters. The zero-order valence-electron chi connectivity index (χ0n) is 15.1. The molecule has 23 heavy (non-hydrogen) atoms. The van der Waals surface area contributed by atoms with Crippen molar-refractivity contribution in [3.63, 3.8) is 0 Å². The third kappa shape index (κ3) is 4.79. The van der Waals surface area contributed by atoms with Crippen LogP contribution in [0.5, 0.6) is 0 Å². The molecule has 1 heterocycles. The molecule has 0 radical (unpaired) electrons. The number of hydrogen-bond acceptors (Lipinski definition) is 4. The smallest absolute Gasteiger partial charge is 0.320 e. The highest BCUT2D eigenvalue weighted by molar-refractivity contribution is 5.72. The molecule has 4 nitrogen and oxygen atoms in total. The van der Waals surface area contributed by atoms with Crippen LogP contribution >= 0.6 is 0 Å². The topological polar surface area (TPSA) is 38.8 Å². The van der Waals surface area contributed by atoms with Gasteiger partial charge in [-0.15, -0.1) is 0 Å². The number of hydrogen-bond donors (Lipinski definition) is 0. The maximum absolute atomic E-state index is 12.3. The Bertz CT molecular complexity index is 528. The summed E-state index contributed by atoms with van der Waals surface area (Å²) >= 11 is 0. The summed E-state index contributed by atoms with van der Waals surface area (Å²) in [6.07, 6.45) is -0.111. The summed E-state index contributed by atoms with van der Waals surface area (Å²) in [7, 11) is 0. The second kappa shape index (κ2) is 6.62. The van der Waals surface area contributed by atoms with Crippen LogP contribution in [0.15, 0.2) is 30.3 Å². The van der Waals surface area contributed by atoms with Gasteiger partial charge in [0.1, 0.15) is 11.8 Å².